The molecule has 1 rings (SSSR count). The van der Waals surface area contributed by atoms with Gasteiger partial charge in [0.05, 0.1) is 0 Å². The lowest BCUT2D eigenvalue weighted by Crippen LogP contribution is -2.46. The Morgan fingerprint density at radius 3 is 2.33 bits per heavy atom. The third-order valence-corrected chi connectivity index (χ3v) is 5.66. The average molecular weight is 278 g/mol. The largest absolute Gasteiger partial charge is 0.385 e. The lowest BCUT2D eigenvalue weighted by atomic mass is 9.96. The lowest BCUT2D eigenvalue weighted by molar-refractivity contribution is 0.187. The van der Waals surface area contributed by atoms with E-state index < -0.39 is 10.2 Å². The summed E-state index contributed by atoms with van der Waals surface area (Å²) in [7, 11) is 1.67. The summed E-state index contributed by atoms with van der Waals surface area (Å²) in [6.07, 6.45) is 6.21. The highest BCUT2D eigenvalue weighted by Crippen LogP contribution is 2.24. The molecule has 0 aromatic heterocycles. The molecule has 6 heteroatoms. The van der Waals surface area contributed by atoms with Crippen LogP contribution >= 0.6 is 0 Å². The third-order valence-electron chi connectivity index (χ3n) is 3.67. The second-order valence-corrected chi connectivity index (χ2v) is 7.08. The number of rotatable bonds is 7. The summed E-state index contributed by atoms with van der Waals surface area (Å²) < 4.78 is 32.6. The molecule has 0 amide bonds. The fourth-order valence-corrected chi connectivity index (χ4v) is 3.79. The molecule has 108 valence electrons. The first-order chi connectivity index (χ1) is 8.50. The van der Waals surface area contributed by atoms with Crippen LogP contribution in [0.5, 0.6) is 0 Å². The summed E-state index contributed by atoms with van der Waals surface area (Å²) in [5.41, 5.74) is 0. The van der Waals surface area contributed by atoms with E-state index in [0.29, 0.717) is 13.2 Å². The van der Waals surface area contributed by atoms with Crippen LogP contribution in [0.25, 0.3) is 0 Å². The van der Waals surface area contributed by atoms with Gasteiger partial charge >= 0.3 is 0 Å². The molecule has 0 heterocycles. The van der Waals surface area contributed by atoms with Gasteiger partial charge in [-0.15, -0.1) is 0 Å². The molecule has 1 aliphatic carbocycles. The van der Waals surface area contributed by atoms with E-state index in [1.165, 1.54) is 10.7 Å². The van der Waals surface area contributed by atoms with Crippen molar-refractivity contribution in [3.63, 3.8) is 0 Å². The second kappa shape index (κ2) is 7.43. The molecule has 0 unspecified atom stereocenters. The van der Waals surface area contributed by atoms with Crippen molar-refractivity contribution in [3.05, 3.63) is 0 Å². The average Bonchev–Trinajstić information content (AvgIpc) is 2.39. The summed E-state index contributed by atoms with van der Waals surface area (Å²) in [6.45, 7) is 1.10. The molecule has 1 fully saturated rings. The first-order valence-corrected chi connectivity index (χ1v) is 8.08. The van der Waals surface area contributed by atoms with Gasteiger partial charge in [-0.05, 0) is 19.3 Å². The molecule has 0 N–H and O–H groups in total. The van der Waals surface area contributed by atoms with Gasteiger partial charge in [-0.3, -0.25) is 0 Å². The van der Waals surface area contributed by atoms with Crippen LogP contribution in [0.1, 0.15) is 38.5 Å². The zero-order valence-corrected chi connectivity index (χ0v) is 12.6. The van der Waals surface area contributed by atoms with Crippen LogP contribution in [-0.2, 0) is 14.9 Å². The molecule has 0 saturated heterocycles. The molecular formula is C12H26N2O3S. The van der Waals surface area contributed by atoms with E-state index in [1.54, 1.807) is 25.5 Å². The van der Waals surface area contributed by atoms with Crippen molar-refractivity contribution in [2.24, 2.45) is 0 Å². The molecule has 5 nitrogen and oxygen atoms in total. The fraction of sp³-hybridized carbons (Fsp3) is 1.00. The standard InChI is InChI=1S/C12H26N2O3S/c1-13(10-7-11-17-3)18(15,16)14(2)12-8-5-4-6-9-12/h12H,4-11H2,1-3H3. The minimum Gasteiger partial charge on any atom is -0.385 e. The summed E-state index contributed by atoms with van der Waals surface area (Å²) in [5, 5.41) is 0. The highest BCUT2D eigenvalue weighted by atomic mass is 32.2. The van der Waals surface area contributed by atoms with Gasteiger partial charge in [-0.25, -0.2) is 0 Å². The van der Waals surface area contributed by atoms with Gasteiger partial charge in [0.25, 0.3) is 10.2 Å². The van der Waals surface area contributed by atoms with Crippen LogP contribution in [0.4, 0.5) is 0 Å². The van der Waals surface area contributed by atoms with Crippen molar-refractivity contribution in [1.29, 1.82) is 0 Å². The Morgan fingerprint density at radius 1 is 1.17 bits per heavy atom. The third kappa shape index (κ3) is 4.19. The van der Waals surface area contributed by atoms with Crippen molar-refractivity contribution < 1.29 is 13.2 Å². The summed E-state index contributed by atoms with van der Waals surface area (Å²) in [6, 6.07) is 0.175. The van der Waals surface area contributed by atoms with E-state index in [0.717, 1.165) is 32.1 Å². The van der Waals surface area contributed by atoms with E-state index >= 15 is 0 Å². The van der Waals surface area contributed by atoms with Crippen molar-refractivity contribution >= 4 is 10.2 Å². The number of methoxy groups -OCH3 is 1. The van der Waals surface area contributed by atoms with Gasteiger partial charge in [0, 0.05) is 40.4 Å². The number of ether oxygens (including phenoxy) is 1. The van der Waals surface area contributed by atoms with Crippen LogP contribution in [0, 0.1) is 0 Å². The molecule has 0 radical (unpaired) electrons. The Hall–Kier alpha value is -0.170. The molecule has 0 aliphatic heterocycles. The van der Waals surface area contributed by atoms with Gasteiger partial charge < -0.3 is 4.74 Å². The van der Waals surface area contributed by atoms with Gasteiger partial charge in [-0.1, -0.05) is 19.3 Å². The number of hydrogen-bond acceptors (Lipinski definition) is 3. The Kier molecular flexibility index (Phi) is 6.55. The zero-order valence-electron chi connectivity index (χ0n) is 11.8. The smallest absolute Gasteiger partial charge is 0.281 e. The van der Waals surface area contributed by atoms with E-state index in [2.05, 4.69) is 0 Å². The van der Waals surface area contributed by atoms with E-state index in [4.69, 9.17) is 4.74 Å². The summed E-state index contributed by atoms with van der Waals surface area (Å²) >= 11 is 0. The predicted molar refractivity (Wildman–Crippen MR) is 72.7 cm³/mol. The minimum absolute atomic E-state index is 0.175. The van der Waals surface area contributed by atoms with Crippen LogP contribution in [0.2, 0.25) is 0 Å². The van der Waals surface area contributed by atoms with Crippen LogP contribution in [-0.4, -0.2) is 57.4 Å². The van der Waals surface area contributed by atoms with Crippen molar-refractivity contribution in [1.82, 2.24) is 8.61 Å². The van der Waals surface area contributed by atoms with Crippen molar-refractivity contribution in [2.75, 3.05) is 34.4 Å². The number of nitrogens with zero attached hydrogens (tertiary/aromatic N) is 2. The summed E-state index contributed by atoms with van der Waals surface area (Å²) in [4.78, 5) is 0. The highest BCUT2D eigenvalue weighted by molar-refractivity contribution is 7.86. The van der Waals surface area contributed by atoms with Gasteiger partial charge in [0.2, 0.25) is 0 Å². The van der Waals surface area contributed by atoms with Crippen LogP contribution < -0.4 is 0 Å². The van der Waals surface area contributed by atoms with E-state index in [9.17, 15) is 8.42 Å². The quantitative estimate of drug-likeness (QED) is 0.663. The molecular weight excluding hydrogens is 252 g/mol. The normalized spacial score (nSPS) is 18.7. The molecule has 1 saturated carbocycles. The van der Waals surface area contributed by atoms with Crippen LogP contribution in [0.15, 0.2) is 0 Å². The van der Waals surface area contributed by atoms with Crippen molar-refractivity contribution in [3.8, 4) is 0 Å². The van der Waals surface area contributed by atoms with Gasteiger partial charge in [0.15, 0.2) is 0 Å². The topological polar surface area (TPSA) is 49.9 Å². The van der Waals surface area contributed by atoms with Gasteiger partial charge in [-0.2, -0.15) is 17.0 Å². The first kappa shape index (κ1) is 15.9. The fourth-order valence-electron chi connectivity index (χ4n) is 2.40. The summed E-state index contributed by atoms with van der Waals surface area (Å²) in [5.74, 6) is 0. The Bertz CT molecular complexity index is 326. The van der Waals surface area contributed by atoms with E-state index in [1.807, 2.05) is 0 Å². The lowest BCUT2D eigenvalue weighted by Gasteiger charge is -2.33. The van der Waals surface area contributed by atoms with Crippen molar-refractivity contribution in [2.45, 2.75) is 44.6 Å². The molecule has 0 spiro atoms. The molecule has 0 aromatic carbocycles. The SMILES string of the molecule is COCCCN(C)S(=O)(=O)N(C)C1CCCCC1. The maximum absolute atomic E-state index is 12.3. The van der Waals surface area contributed by atoms with E-state index in [-0.39, 0.29) is 6.04 Å². The molecule has 1 aliphatic rings. The Labute approximate surface area is 111 Å². The maximum atomic E-state index is 12.3. The molecule has 18 heavy (non-hydrogen) atoms. The van der Waals surface area contributed by atoms with Gasteiger partial charge in [0.1, 0.15) is 0 Å². The highest BCUT2D eigenvalue weighted by Gasteiger charge is 2.30. The first-order valence-electron chi connectivity index (χ1n) is 6.68. The molecule has 0 bridgehead atoms. The Balaban J connectivity index is 2.54. The predicted octanol–water partition coefficient (Wildman–Crippen LogP) is 1.46. The minimum atomic E-state index is -3.31. The van der Waals surface area contributed by atoms with Crippen LogP contribution in [0.3, 0.4) is 0 Å². The second-order valence-electron chi connectivity index (χ2n) is 4.98. The monoisotopic (exact) mass is 278 g/mol. The maximum Gasteiger partial charge on any atom is 0.281 e. The molecule has 0 aromatic rings. The molecule has 0 atom stereocenters. The zero-order chi connectivity index (χ0) is 13.6. The Morgan fingerprint density at radius 2 is 1.78 bits per heavy atom. The number of hydrogen-bond donors (Lipinski definition) is 0.